The highest BCUT2D eigenvalue weighted by Gasteiger charge is 2.05. The fourth-order valence-electron chi connectivity index (χ4n) is 0.697. The number of aromatic nitrogens is 1. The molecule has 0 bridgehead atoms. The van der Waals surface area contributed by atoms with E-state index in [9.17, 15) is 8.78 Å². The third-order valence-electron chi connectivity index (χ3n) is 1.34. The van der Waals surface area contributed by atoms with Gasteiger partial charge < -0.3 is 10.5 Å². The first-order valence-electron chi connectivity index (χ1n) is 3.26. The van der Waals surface area contributed by atoms with Crippen LogP contribution in [0.25, 0.3) is 0 Å². The van der Waals surface area contributed by atoms with Crippen molar-refractivity contribution < 1.29 is 13.5 Å². The Labute approximate surface area is 68.2 Å². The molecule has 0 saturated carbocycles. The van der Waals surface area contributed by atoms with Crippen LogP contribution < -0.4 is 10.5 Å². The smallest absolute Gasteiger partial charge is 0.388 e. The molecule has 12 heavy (non-hydrogen) atoms. The Bertz CT molecular complexity index is 278. The Kier molecular flexibility index (Phi) is 2.42. The number of rotatable bonds is 2. The number of nitrogen functional groups attached to an aromatic ring is 1. The number of aryl methyl sites for hydroxylation is 1. The molecule has 1 aromatic heterocycles. The van der Waals surface area contributed by atoms with Gasteiger partial charge in [0.2, 0.25) is 5.88 Å². The quantitative estimate of drug-likeness (QED) is 0.740. The van der Waals surface area contributed by atoms with E-state index in [0.29, 0.717) is 11.3 Å². The first-order valence-corrected chi connectivity index (χ1v) is 3.26. The van der Waals surface area contributed by atoms with E-state index < -0.39 is 6.61 Å². The maximum atomic E-state index is 11.7. The lowest BCUT2D eigenvalue weighted by molar-refractivity contribution is -0.0528. The molecule has 1 aromatic rings. The summed E-state index contributed by atoms with van der Waals surface area (Å²) in [5.41, 5.74) is 6.54. The summed E-state index contributed by atoms with van der Waals surface area (Å²) in [6, 6.07) is 1.36. The SMILES string of the molecule is Cc1cc(OC(F)F)ncc1N. The van der Waals surface area contributed by atoms with Gasteiger partial charge in [-0.05, 0) is 12.5 Å². The van der Waals surface area contributed by atoms with Crippen LogP contribution >= 0.6 is 0 Å². The van der Waals surface area contributed by atoms with Gasteiger partial charge in [0.05, 0.1) is 11.9 Å². The van der Waals surface area contributed by atoms with E-state index in [-0.39, 0.29) is 5.88 Å². The van der Waals surface area contributed by atoms with Crippen LogP contribution in [0.4, 0.5) is 14.5 Å². The number of anilines is 1. The minimum atomic E-state index is -2.85. The normalized spacial score (nSPS) is 10.3. The Morgan fingerprint density at radius 2 is 2.25 bits per heavy atom. The summed E-state index contributed by atoms with van der Waals surface area (Å²) in [4.78, 5) is 3.55. The Morgan fingerprint density at radius 3 is 2.75 bits per heavy atom. The van der Waals surface area contributed by atoms with Gasteiger partial charge in [-0.15, -0.1) is 0 Å². The predicted octanol–water partition coefficient (Wildman–Crippen LogP) is 1.57. The standard InChI is InChI=1S/C7H8F2N2O/c1-4-2-6(12-7(8)9)11-3-5(4)10/h2-3,7H,10H2,1H3. The van der Waals surface area contributed by atoms with Crippen molar-refractivity contribution in [2.24, 2.45) is 0 Å². The molecule has 1 rings (SSSR count). The zero-order valence-corrected chi connectivity index (χ0v) is 6.42. The number of pyridine rings is 1. The van der Waals surface area contributed by atoms with Crippen molar-refractivity contribution in [3.8, 4) is 5.88 Å². The molecular weight excluding hydrogens is 166 g/mol. The van der Waals surface area contributed by atoms with E-state index in [1.54, 1.807) is 6.92 Å². The van der Waals surface area contributed by atoms with Crippen molar-refractivity contribution in [1.82, 2.24) is 4.98 Å². The molecular formula is C7H8F2N2O. The zero-order chi connectivity index (χ0) is 9.14. The Hall–Kier alpha value is -1.39. The highest BCUT2D eigenvalue weighted by Crippen LogP contribution is 2.16. The van der Waals surface area contributed by atoms with Crippen molar-refractivity contribution in [3.63, 3.8) is 0 Å². The molecule has 0 atom stereocenters. The number of hydrogen-bond acceptors (Lipinski definition) is 3. The molecule has 0 fully saturated rings. The van der Waals surface area contributed by atoms with Gasteiger partial charge in [-0.1, -0.05) is 0 Å². The molecule has 0 aliphatic rings. The minimum Gasteiger partial charge on any atom is -0.417 e. The van der Waals surface area contributed by atoms with Gasteiger partial charge in [0.15, 0.2) is 0 Å². The number of ether oxygens (including phenoxy) is 1. The lowest BCUT2D eigenvalue weighted by Crippen LogP contribution is -2.04. The van der Waals surface area contributed by atoms with E-state index in [4.69, 9.17) is 5.73 Å². The van der Waals surface area contributed by atoms with Crippen LogP contribution in [0.5, 0.6) is 5.88 Å². The van der Waals surface area contributed by atoms with Gasteiger partial charge in [-0.25, -0.2) is 4.98 Å². The van der Waals surface area contributed by atoms with E-state index in [2.05, 4.69) is 9.72 Å². The Morgan fingerprint density at radius 1 is 1.58 bits per heavy atom. The third-order valence-corrected chi connectivity index (χ3v) is 1.34. The molecule has 5 heteroatoms. The minimum absolute atomic E-state index is 0.114. The van der Waals surface area contributed by atoms with Crippen LogP contribution in [-0.4, -0.2) is 11.6 Å². The second-order valence-electron chi connectivity index (χ2n) is 2.26. The average Bonchev–Trinajstić information content (AvgIpc) is 1.96. The molecule has 2 N–H and O–H groups in total. The van der Waals surface area contributed by atoms with Crippen LogP contribution in [0.15, 0.2) is 12.3 Å². The van der Waals surface area contributed by atoms with Crippen LogP contribution in [0.3, 0.4) is 0 Å². The molecule has 1 heterocycles. The summed E-state index contributed by atoms with van der Waals surface area (Å²) < 4.78 is 27.4. The molecule has 0 unspecified atom stereocenters. The summed E-state index contributed by atoms with van der Waals surface area (Å²) in [6.07, 6.45) is 1.28. The van der Waals surface area contributed by atoms with E-state index >= 15 is 0 Å². The second-order valence-corrected chi connectivity index (χ2v) is 2.26. The van der Waals surface area contributed by atoms with Crippen LogP contribution in [0, 0.1) is 6.92 Å². The van der Waals surface area contributed by atoms with Crippen molar-refractivity contribution in [2.45, 2.75) is 13.5 Å². The van der Waals surface area contributed by atoms with Gasteiger partial charge in [0.1, 0.15) is 0 Å². The molecule has 3 nitrogen and oxygen atoms in total. The molecule has 0 spiro atoms. The van der Waals surface area contributed by atoms with Crippen LogP contribution in [0.2, 0.25) is 0 Å². The van der Waals surface area contributed by atoms with Crippen LogP contribution in [0.1, 0.15) is 5.56 Å². The predicted molar refractivity (Wildman–Crippen MR) is 40.0 cm³/mol. The third kappa shape index (κ3) is 2.05. The molecule has 0 aliphatic carbocycles. The van der Waals surface area contributed by atoms with Gasteiger partial charge in [0.25, 0.3) is 0 Å². The monoisotopic (exact) mass is 174 g/mol. The fourth-order valence-corrected chi connectivity index (χ4v) is 0.697. The number of nitrogens with zero attached hydrogens (tertiary/aromatic N) is 1. The summed E-state index contributed by atoms with van der Waals surface area (Å²) in [7, 11) is 0. The molecule has 0 saturated heterocycles. The lowest BCUT2D eigenvalue weighted by Gasteiger charge is -2.04. The van der Waals surface area contributed by atoms with Gasteiger partial charge in [-0.2, -0.15) is 8.78 Å². The van der Waals surface area contributed by atoms with Gasteiger partial charge in [-0.3, -0.25) is 0 Å². The number of alkyl halides is 2. The lowest BCUT2D eigenvalue weighted by atomic mass is 10.2. The number of hydrogen-bond donors (Lipinski definition) is 1. The molecule has 66 valence electrons. The molecule has 0 radical (unpaired) electrons. The molecule has 0 aromatic carbocycles. The number of nitrogens with two attached hydrogens (primary N) is 1. The summed E-state index contributed by atoms with van der Waals surface area (Å²) in [6.45, 7) is -1.16. The summed E-state index contributed by atoms with van der Waals surface area (Å²) >= 11 is 0. The number of halogens is 2. The van der Waals surface area contributed by atoms with Crippen molar-refractivity contribution >= 4 is 5.69 Å². The van der Waals surface area contributed by atoms with E-state index in [0.717, 1.165) is 0 Å². The summed E-state index contributed by atoms with van der Waals surface area (Å²) in [5, 5.41) is 0. The van der Waals surface area contributed by atoms with Crippen molar-refractivity contribution in [3.05, 3.63) is 17.8 Å². The topological polar surface area (TPSA) is 48.1 Å². The largest absolute Gasteiger partial charge is 0.417 e. The van der Waals surface area contributed by atoms with Gasteiger partial charge in [0, 0.05) is 6.07 Å². The second kappa shape index (κ2) is 3.34. The maximum absolute atomic E-state index is 11.7. The van der Waals surface area contributed by atoms with Crippen molar-refractivity contribution in [1.29, 1.82) is 0 Å². The fraction of sp³-hybridized carbons (Fsp3) is 0.286. The first kappa shape index (κ1) is 8.70. The zero-order valence-electron chi connectivity index (χ0n) is 6.42. The highest BCUT2D eigenvalue weighted by molar-refractivity contribution is 5.45. The molecule has 0 aliphatic heterocycles. The summed E-state index contributed by atoms with van der Waals surface area (Å²) in [5.74, 6) is -0.114. The highest BCUT2D eigenvalue weighted by atomic mass is 19.3. The van der Waals surface area contributed by atoms with Gasteiger partial charge >= 0.3 is 6.61 Å². The van der Waals surface area contributed by atoms with Crippen LogP contribution in [-0.2, 0) is 0 Å². The van der Waals surface area contributed by atoms with Crippen molar-refractivity contribution in [2.75, 3.05) is 5.73 Å². The Balaban J connectivity index is 2.82. The maximum Gasteiger partial charge on any atom is 0.388 e. The average molecular weight is 174 g/mol. The molecule has 0 amide bonds. The van der Waals surface area contributed by atoms with E-state index in [1.807, 2.05) is 0 Å². The first-order chi connectivity index (χ1) is 5.59. The van der Waals surface area contributed by atoms with E-state index in [1.165, 1.54) is 12.3 Å².